The average molecular weight is 552 g/mol. The third kappa shape index (κ3) is 5.57. The van der Waals surface area contributed by atoms with E-state index in [2.05, 4.69) is 20.5 Å². The van der Waals surface area contributed by atoms with Crippen LogP contribution in [0.4, 0.5) is 27.4 Å². The Balaban J connectivity index is 1.75. The number of likely N-dealkylation sites (N-methyl/N-ethyl adjacent to an activating group) is 2. The van der Waals surface area contributed by atoms with Gasteiger partial charge in [0.2, 0.25) is 18.2 Å². The Morgan fingerprint density at radius 1 is 1.02 bits per heavy atom. The largest absolute Gasteiger partial charge is 0.494 e. The Morgan fingerprint density at radius 3 is 2.42 bits per heavy atom. The van der Waals surface area contributed by atoms with Gasteiger partial charge in [-0.05, 0) is 26.2 Å². The molecule has 0 aliphatic carbocycles. The first-order valence-corrected chi connectivity index (χ1v) is 12.5. The SMILES string of the molecule is COc1cc(N(C)CCN(C)C)c(NC=O)cc1Nc1nccc(-c2cn(C)c3cc(OC)c(F)c(OC)c23)n1. The van der Waals surface area contributed by atoms with Crippen molar-refractivity contribution in [1.82, 2.24) is 19.4 Å². The highest BCUT2D eigenvalue weighted by atomic mass is 19.1. The van der Waals surface area contributed by atoms with Crippen LogP contribution in [0.2, 0.25) is 0 Å². The van der Waals surface area contributed by atoms with E-state index in [1.54, 1.807) is 31.5 Å². The molecule has 212 valence electrons. The number of aryl methyl sites for hydroxylation is 1. The predicted molar refractivity (Wildman–Crippen MR) is 155 cm³/mol. The van der Waals surface area contributed by atoms with Gasteiger partial charge >= 0.3 is 0 Å². The molecule has 12 heteroatoms. The van der Waals surface area contributed by atoms with Crippen molar-refractivity contribution in [3.05, 3.63) is 42.5 Å². The second kappa shape index (κ2) is 12.1. The highest BCUT2D eigenvalue weighted by Crippen LogP contribution is 2.42. The van der Waals surface area contributed by atoms with Crippen molar-refractivity contribution in [1.29, 1.82) is 0 Å². The van der Waals surface area contributed by atoms with Crippen LogP contribution in [0.1, 0.15) is 0 Å². The zero-order valence-electron chi connectivity index (χ0n) is 23.7. The van der Waals surface area contributed by atoms with Gasteiger partial charge in [0.15, 0.2) is 11.5 Å². The number of carbonyl (C=O) groups excluding carboxylic acids is 1. The summed E-state index contributed by atoms with van der Waals surface area (Å²) >= 11 is 0. The van der Waals surface area contributed by atoms with E-state index < -0.39 is 5.82 Å². The Bertz CT molecular complexity index is 1520. The number of anilines is 4. The lowest BCUT2D eigenvalue weighted by atomic mass is 10.1. The second-order valence-electron chi connectivity index (χ2n) is 9.42. The lowest BCUT2D eigenvalue weighted by Crippen LogP contribution is -2.29. The highest BCUT2D eigenvalue weighted by Gasteiger charge is 2.22. The number of amides is 1. The maximum absolute atomic E-state index is 15.1. The third-order valence-electron chi connectivity index (χ3n) is 6.57. The van der Waals surface area contributed by atoms with Gasteiger partial charge < -0.3 is 39.2 Å². The van der Waals surface area contributed by atoms with Gasteiger partial charge in [-0.15, -0.1) is 0 Å². The molecule has 2 N–H and O–H groups in total. The van der Waals surface area contributed by atoms with Crippen LogP contribution in [0.15, 0.2) is 36.7 Å². The molecule has 0 unspecified atom stereocenters. The quantitative estimate of drug-likeness (QED) is 0.252. The number of nitrogens with zero attached hydrogens (tertiary/aromatic N) is 5. The van der Waals surface area contributed by atoms with Crippen LogP contribution >= 0.6 is 0 Å². The van der Waals surface area contributed by atoms with Crippen molar-refractivity contribution in [3.8, 4) is 28.5 Å². The van der Waals surface area contributed by atoms with Crippen molar-refractivity contribution in [2.75, 3.05) is 71.1 Å². The molecule has 0 bridgehead atoms. The van der Waals surface area contributed by atoms with E-state index in [1.807, 2.05) is 49.9 Å². The smallest absolute Gasteiger partial charge is 0.227 e. The number of nitrogens with one attached hydrogen (secondary N) is 2. The minimum absolute atomic E-state index is 0.0679. The van der Waals surface area contributed by atoms with Crippen molar-refractivity contribution in [3.63, 3.8) is 0 Å². The van der Waals surface area contributed by atoms with Gasteiger partial charge in [-0.1, -0.05) is 0 Å². The number of carbonyl (C=O) groups is 1. The van der Waals surface area contributed by atoms with Crippen LogP contribution in [0, 0.1) is 5.82 Å². The summed E-state index contributed by atoms with van der Waals surface area (Å²) in [4.78, 5) is 24.6. The molecule has 2 aromatic carbocycles. The van der Waals surface area contributed by atoms with Crippen LogP contribution < -0.4 is 29.7 Å². The molecular formula is C28H34FN7O4. The average Bonchev–Trinajstić information content (AvgIpc) is 3.27. The molecule has 0 aliphatic heterocycles. The fraction of sp³-hybridized carbons (Fsp3) is 0.321. The first-order valence-electron chi connectivity index (χ1n) is 12.5. The van der Waals surface area contributed by atoms with Gasteiger partial charge in [-0.25, -0.2) is 9.97 Å². The maximum atomic E-state index is 15.1. The number of methoxy groups -OCH3 is 3. The molecule has 0 saturated heterocycles. The summed E-state index contributed by atoms with van der Waals surface area (Å²) in [6.07, 6.45) is 4.09. The summed E-state index contributed by atoms with van der Waals surface area (Å²) in [6, 6.07) is 6.98. The van der Waals surface area contributed by atoms with E-state index in [0.717, 1.165) is 24.3 Å². The molecule has 11 nitrogen and oxygen atoms in total. The van der Waals surface area contributed by atoms with Gasteiger partial charge in [0, 0.05) is 57.3 Å². The van der Waals surface area contributed by atoms with Crippen molar-refractivity contribution >= 4 is 40.3 Å². The third-order valence-corrected chi connectivity index (χ3v) is 6.57. The second-order valence-corrected chi connectivity index (χ2v) is 9.42. The number of rotatable bonds is 12. The van der Waals surface area contributed by atoms with E-state index in [1.165, 1.54) is 14.2 Å². The van der Waals surface area contributed by atoms with Crippen LogP contribution in [-0.2, 0) is 11.8 Å². The molecule has 0 aliphatic rings. The number of aromatic nitrogens is 3. The van der Waals surface area contributed by atoms with Crippen molar-refractivity contribution in [2.45, 2.75) is 0 Å². The van der Waals surface area contributed by atoms with Gasteiger partial charge in [-0.3, -0.25) is 4.79 Å². The number of hydrogen-bond acceptors (Lipinski definition) is 9. The molecule has 0 fully saturated rings. The topological polar surface area (TPSA) is 106 Å². The number of hydrogen-bond donors (Lipinski definition) is 2. The van der Waals surface area contributed by atoms with Gasteiger partial charge in [-0.2, -0.15) is 4.39 Å². The number of halogens is 1. The lowest BCUT2D eigenvalue weighted by molar-refractivity contribution is -0.105. The Morgan fingerprint density at radius 2 is 1.77 bits per heavy atom. The molecule has 4 aromatic rings. The van der Waals surface area contributed by atoms with Crippen molar-refractivity contribution < 1.29 is 23.4 Å². The molecule has 2 heterocycles. The minimum Gasteiger partial charge on any atom is -0.494 e. The molecule has 0 saturated carbocycles. The van der Waals surface area contributed by atoms with Crippen LogP contribution in [-0.4, -0.2) is 81.4 Å². The molecule has 4 rings (SSSR count). The zero-order valence-corrected chi connectivity index (χ0v) is 23.7. The first kappa shape index (κ1) is 28.4. The zero-order chi connectivity index (χ0) is 29.0. The Hall–Kier alpha value is -4.58. The molecule has 0 radical (unpaired) electrons. The summed E-state index contributed by atoms with van der Waals surface area (Å²) in [7, 11) is 12.2. The van der Waals surface area contributed by atoms with E-state index in [9.17, 15) is 4.79 Å². The Kier molecular flexibility index (Phi) is 8.58. The van der Waals surface area contributed by atoms with Gasteiger partial charge in [0.05, 0.1) is 55.0 Å². The molecule has 2 aromatic heterocycles. The highest BCUT2D eigenvalue weighted by molar-refractivity contribution is 6.01. The fourth-order valence-corrected chi connectivity index (χ4v) is 4.49. The standard InChI is InChI=1S/C28H34FN7O4/c1-34(2)10-11-35(3)21-13-23(38-5)20(12-19(21)31-16-37)33-28-30-9-8-18(32-28)17-15-36(4)22-14-24(39-6)26(29)27(40-7)25(17)22/h8-9,12-16H,10-11H2,1-7H3,(H,31,37)(H,30,32,33). The molecule has 1 amide bonds. The van der Waals surface area contributed by atoms with Crippen LogP contribution in [0.25, 0.3) is 22.2 Å². The summed E-state index contributed by atoms with van der Waals surface area (Å²) in [5, 5.41) is 6.54. The first-order chi connectivity index (χ1) is 19.2. The molecule has 0 atom stereocenters. The van der Waals surface area contributed by atoms with E-state index in [0.29, 0.717) is 40.2 Å². The fourth-order valence-electron chi connectivity index (χ4n) is 4.49. The van der Waals surface area contributed by atoms with Gasteiger partial charge in [0.1, 0.15) is 5.75 Å². The summed E-state index contributed by atoms with van der Waals surface area (Å²) in [6.45, 7) is 1.57. The number of benzene rings is 2. The predicted octanol–water partition coefficient (Wildman–Crippen LogP) is 4.11. The van der Waals surface area contributed by atoms with E-state index in [-0.39, 0.29) is 17.4 Å². The van der Waals surface area contributed by atoms with Gasteiger partial charge in [0.25, 0.3) is 0 Å². The van der Waals surface area contributed by atoms with Crippen LogP contribution in [0.5, 0.6) is 17.2 Å². The van der Waals surface area contributed by atoms with Crippen LogP contribution in [0.3, 0.4) is 0 Å². The Labute approximate surface area is 232 Å². The monoisotopic (exact) mass is 551 g/mol. The number of ether oxygens (including phenoxy) is 3. The van der Waals surface area contributed by atoms with Crippen molar-refractivity contribution in [2.24, 2.45) is 7.05 Å². The summed E-state index contributed by atoms with van der Waals surface area (Å²) in [5.41, 5.74) is 3.88. The lowest BCUT2D eigenvalue weighted by Gasteiger charge is -2.25. The maximum Gasteiger partial charge on any atom is 0.227 e. The normalized spacial score (nSPS) is 11.0. The summed E-state index contributed by atoms with van der Waals surface area (Å²) < 4.78 is 33.2. The summed E-state index contributed by atoms with van der Waals surface area (Å²) in [5.74, 6) is 0.390. The molecular weight excluding hydrogens is 517 g/mol. The molecule has 0 spiro atoms. The number of fused-ring (bicyclic) bond motifs is 1. The van der Waals surface area contributed by atoms with E-state index in [4.69, 9.17) is 19.2 Å². The van der Waals surface area contributed by atoms with E-state index >= 15 is 4.39 Å². The molecule has 40 heavy (non-hydrogen) atoms. The minimum atomic E-state index is -0.590.